The number of rotatable bonds is 8. The van der Waals surface area contributed by atoms with Crippen LogP contribution in [0, 0.1) is 11.7 Å². The highest BCUT2D eigenvalue weighted by atomic mass is 19.1. The Bertz CT molecular complexity index is 1160. The minimum atomic E-state index is -0.601. The van der Waals surface area contributed by atoms with E-state index in [1.807, 2.05) is 56.3 Å². The van der Waals surface area contributed by atoms with Crippen LogP contribution in [0.15, 0.2) is 66.7 Å². The fourth-order valence-corrected chi connectivity index (χ4v) is 4.56. The number of benzene rings is 3. The van der Waals surface area contributed by atoms with E-state index in [9.17, 15) is 14.0 Å². The van der Waals surface area contributed by atoms with Gasteiger partial charge in [0.25, 0.3) is 5.91 Å². The molecule has 2 amide bonds. The van der Waals surface area contributed by atoms with Crippen LogP contribution in [0.25, 0.3) is 10.8 Å². The Morgan fingerprint density at radius 2 is 1.82 bits per heavy atom. The first-order valence-corrected chi connectivity index (χ1v) is 11.9. The molecule has 0 aromatic heterocycles. The first-order chi connectivity index (χ1) is 16.4. The summed E-state index contributed by atoms with van der Waals surface area (Å²) >= 11 is 0. The van der Waals surface area contributed by atoms with Gasteiger partial charge >= 0.3 is 0 Å². The van der Waals surface area contributed by atoms with Crippen LogP contribution in [-0.4, -0.2) is 41.9 Å². The molecule has 2 N–H and O–H groups in total. The van der Waals surface area contributed by atoms with Gasteiger partial charge in [0.15, 0.2) is 0 Å². The molecule has 0 bridgehead atoms. The number of likely N-dealkylation sites (tertiary alicyclic amines) is 1. The lowest BCUT2D eigenvalue weighted by Gasteiger charge is -2.23. The summed E-state index contributed by atoms with van der Waals surface area (Å²) in [6.45, 7) is 6.27. The van der Waals surface area contributed by atoms with Gasteiger partial charge in [-0.2, -0.15) is 0 Å². The zero-order chi connectivity index (χ0) is 24.1. The van der Waals surface area contributed by atoms with Crippen LogP contribution in [-0.2, 0) is 11.3 Å². The van der Waals surface area contributed by atoms with E-state index in [-0.39, 0.29) is 29.6 Å². The van der Waals surface area contributed by atoms with Crippen molar-refractivity contribution in [1.82, 2.24) is 15.5 Å². The van der Waals surface area contributed by atoms with Gasteiger partial charge in [-0.1, -0.05) is 56.3 Å². The zero-order valence-electron chi connectivity index (χ0n) is 19.8. The average Bonchev–Trinajstić information content (AvgIpc) is 3.24. The predicted octanol–water partition coefficient (Wildman–Crippen LogP) is 4.51. The van der Waals surface area contributed by atoms with Crippen molar-refractivity contribution >= 4 is 22.6 Å². The second kappa shape index (κ2) is 10.8. The van der Waals surface area contributed by atoms with Gasteiger partial charge in [-0.15, -0.1) is 0 Å². The van der Waals surface area contributed by atoms with Crippen LogP contribution >= 0.6 is 0 Å². The number of fused-ring (bicyclic) bond motifs is 1. The fourth-order valence-electron chi connectivity index (χ4n) is 4.56. The molecule has 34 heavy (non-hydrogen) atoms. The van der Waals surface area contributed by atoms with Crippen LogP contribution in [0.2, 0.25) is 0 Å². The first kappa shape index (κ1) is 23.9. The summed E-state index contributed by atoms with van der Waals surface area (Å²) in [6.07, 6.45) is 1.39. The largest absolute Gasteiger partial charge is 0.350 e. The molecule has 6 heteroatoms. The lowest BCUT2D eigenvalue weighted by atomic mass is 10.0. The number of hydrogen-bond acceptors (Lipinski definition) is 3. The maximum Gasteiger partial charge on any atom is 0.251 e. The third-order valence-corrected chi connectivity index (χ3v) is 6.25. The van der Waals surface area contributed by atoms with Gasteiger partial charge in [0, 0.05) is 31.2 Å². The van der Waals surface area contributed by atoms with Crippen LogP contribution in [0.3, 0.4) is 0 Å². The van der Waals surface area contributed by atoms with Crippen molar-refractivity contribution in [2.24, 2.45) is 5.92 Å². The van der Waals surface area contributed by atoms with Crippen molar-refractivity contribution < 1.29 is 14.0 Å². The Kier molecular flexibility index (Phi) is 7.58. The van der Waals surface area contributed by atoms with Crippen molar-refractivity contribution in [3.63, 3.8) is 0 Å². The standard InChI is InChI=1S/C28H32FN3O2/c1-19(2)14-26(31-27(33)23-11-10-21-7-3-4-8-22(21)16-23)28(34)30-25-12-13-32(18-25)17-20-6-5-9-24(29)15-20/h3-11,15-16,19,25-26H,12-14,17-18H2,1-2H3,(H,30,34)(H,31,33)/t25-,26-/m0/s1. The predicted molar refractivity (Wildman–Crippen MR) is 133 cm³/mol. The molecule has 0 aliphatic carbocycles. The topological polar surface area (TPSA) is 61.4 Å². The van der Waals surface area contributed by atoms with Crippen molar-refractivity contribution in [2.75, 3.05) is 13.1 Å². The Labute approximate surface area is 200 Å². The molecule has 3 aromatic rings. The van der Waals surface area contributed by atoms with Crippen LogP contribution in [0.1, 0.15) is 42.6 Å². The lowest BCUT2D eigenvalue weighted by molar-refractivity contribution is -0.124. The highest BCUT2D eigenvalue weighted by molar-refractivity contribution is 6.00. The van der Waals surface area contributed by atoms with E-state index >= 15 is 0 Å². The Balaban J connectivity index is 1.36. The molecular weight excluding hydrogens is 429 g/mol. The minimum Gasteiger partial charge on any atom is -0.350 e. The Morgan fingerprint density at radius 3 is 2.59 bits per heavy atom. The molecule has 1 heterocycles. The number of carbonyl (C=O) groups is 2. The maximum absolute atomic E-state index is 13.5. The third-order valence-electron chi connectivity index (χ3n) is 6.25. The molecule has 0 saturated carbocycles. The molecule has 3 aromatic carbocycles. The van der Waals surface area contributed by atoms with E-state index < -0.39 is 6.04 Å². The van der Waals surface area contributed by atoms with Crippen molar-refractivity contribution in [3.05, 3.63) is 83.7 Å². The highest BCUT2D eigenvalue weighted by Crippen LogP contribution is 2.17. The summed E-state index contributed by atoms with van der Waals surface area (Å²) in [5, 5.41) is 8.14. The Morgan fingerprint density at radius 1 is 1.03 bits per heavy atom. The quantitative estimate of drug-likeness (QED) is 0.519. The molecule has 5 nitrogen and oxygen atoms in total. The second-order valence-corrected chi connectivity index (χ2v) is 9.58. The van der Waals surface area contributed by atoms with Crippen molar-refractivity contribution in [1.29, 1.82) is 0 Å². The Hall–Kier alpha value is -3.25. The summed E-state index contributed by atoms with van der Waals surface area (Å²) in [7, 11) is 0. The summed E-state index contributed by atoms with van der Waals surface area (Å²) in [5.74, 6) is -0.382. The fraction of sp³-hybridized carbons (Fsp3) is 0.357. The maximum atomic E-state index is 13.5. The van der Waals surface area contributed by atoms with E-state index in [2.05, 4.69) is 15.5 Å². The minimum absolute atomic E-state index is 0.00768. The summed E-state index contributed by atoms with van der Waals surface area (Å²) < 4.78 is 13.5. The third kappa shape index (κ3) is 6.20. The number of nitrogens with zero attached hydrogens (tertiary/aromatic N) is 1. The zero-order valence-corrected chi connectivity index (χ0v) is 19.8. The molecule has 1 fully saturated rings. The number of halogens is 1. The van der Waals surface area contributed by atoms with Crippen molar-refractivity contribution in [2.45, 2.75) is 45.3 Å². The van der Waals surface area contributed by atoms with Gasteiger partial charge in [0.2, 0.25) is 5.91 Å². The number of amides is 2. The number of hydrogen-bond donors (Lipinski definition) is 2. The molecule has 1 aliphatic rings. The molecular formula is C28H32FN3O2. The number of nitrogens with one attached hydrogen (secondary N) is 2. The van der Waals surface area contributed by atoms with E-state index in [0.717, 1.165) is 29.3 Å². The molecule has 1 aliphatic heterocycles. The van der Waals surface area contributed by atoms with Crippen LogP contribution < -0.4 is 10.6 Å². The molecule has 2 atom stereocenters. The van der Waals surface area contributed by atoms with E-state index in [0.29, 0.717) is 25.1 Å². The molecule has 4 rings (SSSR count). The van der Waals surface area contributed by atoms with Gasteiger partial charge in [-0.3, -0.25) is 14.5 Å². The summed E-state index contributed by atoms with van der Waals surface area (Å²) in [5.41, 5.74) is 1.47. The number of carbonyl (C=O) groups excluding carboxylic acids is 2. The van der Waals surface area contributed by atoms with Gasteiger partial charge < -0.3 is 10.6 Å². The molecule has 178 valence electrons. The summed E-state index contributed by atoms with van der Waals surface area (Å²) in [6, 6.07) is 19.5. The van der Waals surface area contributed by atoms with Crippen LogP contribution in [0.5, 0.6) is 0 Å². The summed E-state index contributed by atoms with van der Waals surface area (Å²) in [4.78, 5) is 28.3. The second-order valence-electron chi connectivity index (χ2n) is 9.58. The first-order valence-electron chi connectivity index (χ1n) is 11.9. The lowest BCUT2D eigenvalue weighted by Crippen LogP contribution is -2.50. The van der Waals surface area contributed by atoms with Gasteiger partial charge in [-0.25, -0.2) is 4.39 Å². The molecule has 0 radical (unpaired) electrons. The molecule has 0 unspecified atom stereocenters. The van der Waals surface area contributed by atoms with E-state index in [4.69, 9.17) is 0 Å². The monoisotopic (exact) mass is 461 g/mol. The van der Waals surface area contributed by atoms with Crippen molar-refractivity contribution in [3.8, 4) is 0 Å². The smallest absolute Gasteiger partial charge is 0.251 e. The van der Waals surface area contributed by atoms with E-state index in [1.165, 1.54) is 6.07 Å². The highest BCUT2D eigenvalue weighted by Gasteiger charge is 2.28. The average molecular weight is 462 g/mol. The van der Waals surface area contributed by atoms with Crippen LogP contribution in [0.4, 0.5) is 4.39 Å². The van der Waals surface area contributed by atoms with Gasteiger partial charge in [0.05, 0.1) is 0 Å². The molecule has 1 saturated heterocycles. The normalized spacial score (nSPS) is 17.1. The van der Waals surface area contributed by atoms with Gasteiger partial charge in [-0.05, 0) is 59.4 Å². The van der Waals surface area contributed by atoms with Gasteiger partial charge in [0.1, 0.15) is 11.9 Å². The van der Waals surface area contributed by atoms with E-state index in [1.54, 1.807) is 18.2 Å². The molecule has 0 spiro atoms. The SMILES string of the molecule is CC(C)C[C@H](NC(=O)c1ccc2ccccc2c1)C(=O)N[C@H]1CCN(Cc2cccc(F)c2)C1.